The number of nitrogens with zero attached hydrogens (tertiary/aromatic N) is 2. The second-order valence-electron chi connectivity index (χ2n) is 6.56. The molecule has 0 bridgehead atoms. The molecule has 0 saturated carbocycles. The Bertz CT molecular complexity index is 1300. The van der Waals surface area contributed by atoms with Gasteiger partial charge in [0.2, 0.25) is 5.55 Å². The van der Waals surface area contributed by atoms with Crippen LogP contribution in [0.25, 0.3) is 11.0 Å². The Morgan fingerprint density at radius 1 is 1.13 bits per heavy atom. The first kappa shape index (κ1) is 19.3. The number of methoxy groups -OCH3 is 1. The van der Waals surface area contributed by atoms with Crippen LogP contribution in [0.2, 0.25) is 0 Å². The van der Waals surface area contributed by atoms with Crippen molar-refractivity contribution in [3.63, 3.8) is 0 Å². The Labute approximate surface area is 171 Å². The summed E-state index contributed by atoms with van der Waals surface area (Å²) in [6.45, 7) is 1.66. The number of pyridine rings is 1. The standard InChI is InChI=1S/C23H18FN3O3/c1-14-9-10-16(13-18(14)24)26-23-17(22(28)27-20-8-3-4-11-25-20)12-15-6-5-7-19(29-2)21(15)30-23/h3-13H,1-2H3,(H,25,27,28). The van der Waals surface area contributed by atoms with Crippen molar-refractivity contribution < 1.29 is 18.3 Å². The molecular formula is C23H18FN3O3. The molecule has 1 N–H and O–H groups in total. The van der Waals surface area contributed by atoms with Crippen molar-refractivity contribution >= 4 is 28.4 Å². The summed E-state index contributed by atoms with van der Waals surface area (Å²) in [4.78, 5) is 21.5. The van der Waals surface area contributed by atoms with Crippen molar-refractivity contribution in [1.82, 2.24) is 4.98 Å². The van der Waals surface area contributed by atoms with Gasteiger partial charge in [0, 0.05) is 11.6 Å². The van der Waals surface area contributed by atoms with E-state index in [-0.39, 0.29) is 11.1 Å². The number of rotatable bonds is 4. The molecule has 4 rings (SSSR count). The fraction of sp³-hybridized carbons (Fsp3) is 0.0870. The second kappa shape index (κ2) is 8.16. The van der Waals surface area contributed by atoms with Crippen molar-refractivity contribution in [2.45, 2.75) is 6.92 Å². The van der Waals surface area contributed by atoms with Crippen LogP contribution in [0.1, 0.15) is 15.9 Å². The summed E-state index contributed by atoms with van der Waals surface area (Å²) in [5.41, 5.74) is 1.47. The zero-order valence-corrected chi connectivity index (χ0v) is 16.3. The molecule has 0 saturated heterocycles. The molecule has 0 aliphatic heterocycles. The van der Waals surface area contributed by atoms with Gasteiger partial charge in [-0.1, -0.05) is 24.3 Å². The highest BCUT2D eigenvalue weighted by atomic mass is 19.1. The van der Waals surface area contributed by atoms with Gasteiger partial charge in [-0.05, 0) is 48.9 Å². The summed E-state index contributed by atoms with van der Waals surface area (Å²) in [5.74, 6) is 0.0406. The highest BCUT2D eigenvalue weighted by Crippen LogP contribution is 2.25. The number of carbonyl (C=O) groups excluding carboxylic acids is 1. The van der Waals surface area contributed by atoms with Gasteiger partial charge < -0.3 is 14.5 Å². The first-order valence-electron chi connectivity index (χ1n) is 9.19. The molecule has 1 amide bonds. The van der Waals surface area contributed by atoms with E-state index < -0.39 is 11.7 Å². The van der Waals surface area contributed by atoms with Gasteiger partial charge in [-0.2, -0.15) is 0 Å². The summed E-state index contributed by atoms with van der Waals surface area (Å²) in [7, 11) is 1.53. The van der Waals surface area contributed by atoms with Gasteiger partial charge in [-0.3, -0.25) is 4.79 Å². The fourth-order valence-electron chi connectivity index (χ4n) is 2.92. The predicted octanol–water partition coefficient (Wildman–Crippen LogP) is 4.77. The molecule has 0 aliphatic rings. The zero-order chi connectivity index (χ0) is 21.1. The quantitative estimate of drug-likeness (QED) is 0.533. The minimum absolute atomic E-state index is 0.0312. The van der Waals surface area contributed by atoms with E-state index >= 15 is 0 Å². The molecule has 0 spiro atoms. The minimum atomic E-state index is -0.450. The molecule has 30 heavy (non-hydrogen) atoms. The summed E-state index contributed by atoms with van der Waals surface area (Å²) < 4.78 is 25.3. The van der Waals surface area contributed by atoms with Crippen molar-refractivity contribution in [3.8, 4) is 5.75 Å². The Kier molecular flexibility index (Phi) is 5.26. The van der Waals surface area contributed by atoms with Gasteiger partial charge in [0.05, 0.1) is 12.8 Å². The SMILES string of the molecule is COc1cccc2cc(C(=O)Nc3ccccn3)c(=Nc3ccc(C)c(F)c3)oc12. The Morgan fingerprint density at radius 2 is 2.00 bits per heavy atom. The third-order valence-electron chi connectivity index (χ3n) is 4.50. The van der Waals surface area contributed by atoms with E-state index in [1.54, 1.807) is 67.7 Å². The molecule has 2 aromatic heterocycles. The van der Waals surface area contributed by atoms with Crippen LogP contribution in [0.3, 0.4) is 0 Å². The van der Waals surface area contributed by atoms with E-state index in [2.05, 4.69) is 15.3 Å². The zero-order valence-electron chi connectivity index (χ0n) is 16.3. The lowest BCUT2D eigenvalue weighted by atomic mass is 10.1. The smallest absolute Gasteiger partial charge is 0.262 e. The van der Waals surface area contributed by atoms with Gasteiger partial charge in [-0.25, -0.2) is 14.4 Å². The van der Waals surface area contributed by atoms with Crippen LogP contribution in [0.5, 0.6) is 5.75 Å². The lowest BCUT2D eigenvalue weighted by Gasteiger charge is -2.08. The molecule has 0 radical (unpaired) electrons. The van der Waals surface area contributed by atoms with E-state index in [0.29, 0.717) is 33.8 Å². The molecule has 2 heterocycles. The number of halogens is 1. The Hall–Kier alpha value is -4.00. The molecule has 0 unspecified atom stereocenters. The summed E-state index contributed by atoms with van der Waals surface area (Å²) >= 11 is 0. The number of hydrogen-bond donors (Lipinski definition) is 1. The van der Waals surface area contributed by atoms with E-state index in [0.717, 1.165) is 0 Å². The first-order valence-corrected chi connectivity index (χ1v) is 9.19. The molecule has 0 fully saturated rings. The lowest BCUT2D eigenvalue weighted by molar-refractivity contribution is 0.102. The van der Waals surface area contributed by atoms with Crippen LogP contribution in [0, 0.1) is 12.7 Å². The summed E-state index contributed by atoms with van der Waals surface area (Å²) in [6.07, 6.45) is 1.58. The largest absolute Gasteiger partial charge is 0.493 e. The number of para-hydroxylation sites is 1. The van der Waals surface area contributed by atoms with Crippen LogP contribution in [-0.2, 0) is 0 Å². The summed E-state index contributed by atoms with van der Waals surface area (Å²) in [5, 5.41) is 3.38. The van der Waals surface area contributed by atoms with Crippen molar-refractivity contribution in [2.75, 3.05) is 12.4 Å². The third kappa shape index (κ3) is 3.91. The van der Waals surface area contributed by atoms with E-state index in [1.807, 2.05) is 0 Å². The Morgan fingerprint density at radius 3 is 2.73 bits per heavy atom. The average molecular weight is 403 g/mol. The molecular weight excluding hydrogens is 385 g/mol. The normalized spacial score (nSPS) is 11.5. The molecule has 0 aliphatic carbocycles. The Balaban J connectivity index is 1.90. The number of aromatic nitrogens is 1. The average Bonchev–Trinajstić information content (AvgIpc) is 2.76. The van der Waals surface area contributed by atoms with Gasteiger partial charge in [0.1, 0.15) is 17.2 Å². The number of nitrogens with one attached hydrogen (secondary N) is 1. The number of aryl methyl sites for hydroxylation is 1. The van der Waals surface area contributed by atoms with E-state index in [4.69, 9.17) is 9.15 Å². The number of anilines is 1. The van der Waals surface area contributed by atoms with Crippen LogP contribution in [0.15, 0.2) is 76.3 Å². The number of hydrogen-bond acceptors (Lipinski definition) is 5. The van der Waals surface area contributed by atoms with Crippen LogP contribution < -0.4 is 15.6 Å². The maximum atomic E-state index is 14.0. The third-order valence-corrected chi connectivity index (χ3v) is 4.50. The van der Waals surface area contributed by atoms with Gasteiger partial charge >= 0.3 is 0 Å². The molecule has 4 aromatic rings. The highest BCUT2D eigenvalue weighted by Gasteiger charge is 2.15. The van der Waals surface area contributed by atoms with E-state index in [1.165, 1.54) is 13.2 Å². The number of amides is 1. The number of carbonyl (C=O) groups is 1. The predicted molar refractivity (Wildman–Crippen MR) is 111 cm³/mol. The maximum absolute atomic E-state index is 14.0. The van der Waals surface area contributed by atoms with Crippen molar-refractivity contribution in [2.24, 2.45) is 4.99 Å². The minimum Gasteiger partial charge on any atom is -0.493 e. The van der Waals surface area contributed by atoms with Gasteiger partial charge in [0.25, 0.3) is 5.91 Å². The van der Waals surface area contributed by atoms with Crippen molar-refractivity contribution in [1.29, 1.82) is 0 Å². The first-order chi connectivity index (χ1) is 14.5. The van der Waals surface area contributed by atoms with E-state index in [9.17, 15) is 9.18 Å². The summed E-state index contributed by atoms with van der Waals surface area (Å²) in [6, 6.07) is 16.7. The molecule has 6 nitrogen and oxygen atoms in total. The molecule has 2 aromatic carbocycles. The van der Waals surface area contributed by atoms with Crippen LogP contribution >= 0.6 is 0 Å². The number of fused-ring (bicyclic) bond motifs is 1. The van der Waals surface area contributed by atoms with Crippen LogP contribution in [0.4, 0.5) is 15.9 Å². The highest BCUT2D eigenvalue weighted by molar-refractivity contribution is 6.05. The number of benzene rings is 2. The topological polar surface area (TPSA) is 76.7 Å². The second-order valence-corrected chi connectivity index (χ2v) is 6.56. The molecule has 7 heteroatoms. The lowest BCUT2D eigenvalue weighted by Crippen LogP contribution is -2.22. The fourth-order valence-corrected chi connectivity index (χ4v) is 2.92. The van der Waals surface area contributed by atoms with Gasteiger partial charge in [-0.15, -0.1) is 0 Å². The number of ether oxygens (including phenoxy) is 1. The van der Waals surface area contributed by atoms with Crippen molar-refractivity contribution in [3.05, 3.63) is 89.4 Å². The molecule has 150 valence electrons. The van der Waals surface area contributed by atoms with Crippen LogP contribution in [-0.4, -0.2) is 18.0 Å². The monoisotopic (exact) mass is 403 g/mol. The maximum Gasteiger partial charge on any atom is 0.262 e. The molecule has 0 atom stereocenters. The van der Waals surface area contributed by atoms with Gasteiger partial charge in [0.15, 0.2) is 11.3 Å².